The van der Waals surface area contributed by atoms with Gasteiger partial charge in [0, 0.05) is 16.5 Å². The van der Waals surface area contributed by atoms with Gasteiger partial charge >= 0.3 is 0 Å². The van der Waals surface area contributed by atoms with E-state index in [1.165, 1.54) is 48.1 Å². The lowest BCUT2D eigenvalue weighted by atomic mass is 9.76. The SMILES string of the molecule is CNCC1=C(c2ccc(Cl)cc2)SNC12CCCCC2. The lowest BCUT2D eigenvalue weighted by molar-refractivity contribution is 0.321. The molecule has 1 aliphatic heterocycles. The molecule has 2 nitrogen and oxygen atoms in total. The Morgan fingerprint density at radius 3 is 2.55 bits per heavy atom. The Labute approximate surface area is 130 Å². The van der Waals surface area contributed by atoms with Gasteiger partial charge in [0.2, 0.25) is 0 Å². The standard InChI is InChI=1S/C16H21ClN2S/c1-18-11-14-15(12-5-7-13(17)8-6-12)20-19-16(14)9-3-2-4-10-16/h5-8,18-19H,2-4,9-11H2,1H3. The van der Waals surface area contributed by atoms with Crippen molar-refractivity contribution in [1.82, 2.24) is 10.0 Å². The summed E-state index contributed by atoms with van der Waals surface area (Å²) in [6, 6.07) is 8.22. The van der Waals surface area contributed by atoms with E-state index in [9.17, 15) is 0 Å². The molecular formula is C16H21ClN2S. The molecule has 0 unspecified atom stereocenters. The summed E-state index contributed by atoms with van der Waals surface area (Å²) in [6.45, 7) is 0.956. The highest BCUT2D eigenvalue weighted by Crippen LogP contribution is 2.47. The Balaban J connectivity index is 1.99. The molecule has 0 amide bonds. The second-order valence-electron chi connectivity index (χ2n) is 5.69. The van der Waals surface area contributed by atoms with Gasteiger partial charge in [-0.1, -0.05) is 43.0 Å². The van der Waals surface area contributed by atoms with Gasteiger partial charge in [-0.2, -0.15) is 0 Å². The molecule has 1 aliphatic carbocycles. The summed E-state index contributed by atoms with van der Waals surface area (Å²) in [6.07, 6.45) is 6.54. The third kappa shape index (κ3) is 2.64. The molecule has 108 valence electrons. The lowest BCUT2D eigenvalue weighted by Crippen LogP contribution is -2.44. The molecule has 0 atom stereocenters. The maximum absolute atomic E-state index is 6.01. The summed E-state index contributed by atoms with van der Waals surface area (Å²) in [4.78, 5) is 1.39. The van der Waals surface area contributed by atoms with Crippen molar-refractivity contribution < 1.29 is 0 Å². The molecule has 0 bridgehead atoms. The fourth-order valence-electron chi connectivity index (χ4n) is 3.31. The highest BCUT2D eigenvalue weighted by molar-refractivity contribution is 8.07. The van der Waals surface area contributed by atoms with Crippen LogP contribution < -0.4 is 10.0 Å². The van der Waals surface area contributed by atoms with Gasteiger partial charge in [0.15, 0.2) is 0 Å². The molecule has 2 N–H and O–H groups in total. The molecule has 3 rings (SSSR count). The van der Waals surface area contributed by atoms with Gasteiger partial charge in [-0.15, -0.1) is 0 Å². The van der Waals surface area contributed by atoms with Gasteiger partial charge in [-0.05, 0) is 55.1 Å². The number of benzene rings is 1. The van der Waals surface area contributed by atoms with E-state index < -0.39 is 0 Å². The molecule has 1 saturated carbocycles. The molecular weight excluding hydrogens is 288 g/mol. The lowest BCUT2D eigenvalue weighted by Gasteiger charge is -2.36. The average molecular weight is 309 g/mol. The first-order chi connectivity index (χ1) is 9.75. The van der Waals surface area contributed by atoms with E-state index in [-0.39, 0.29) is 5.54 Å². The third-order valence-electron chi connectivity index (χ3n) is 4.37. The van der Waals surface area contributed by atoms with E-state index in [1.807, 2.05) is 19.2 Å². The van der Waals surface area contributed by atoms with E-state index in [0.717, 1.165) is 11.6 Å². The Morgan fingerprint density at radius 1 is 1.20 bits per heavy atom. The number of halogens is 1. The van der Waals surface area contributed by atoms with Crippen molar-refractivity contribution in [2.24, 2.45) is 0 Å². The highest BCUT2D eigenvalue weighted by Gasteiger charge is 2.41. The number of hydrogen-bond acceptors (Lipinski definition) is 3. The van der Waals surface area contributed by atoms with E-state index in [4.69, 9.17) is 11.6 Å². The van der Waals surface area contributed by atoms with Gasteiger partial charge in [0.1, 0.15) is 0 Å². The maximum Gasteiger partial charge on any atom is 0.0521 e. The summed E-state index contributed by atoms with van der Waals surface area (Å²) in [5, 5.41) is 4.15. The van der Waals surface area contributed by atoms with Crippen molar-refractivity contribution in [1.29, 1.82) is 0 Å². The maximum atomic E-state index is 6.01. The van der Waals surface area contributed by atoms with Crippen LogP contribution in [-0.2, 0) is 0 Å². The molecule has 1 spiro atoms. The fourth-order valence-corrected chi connectivity index (χ4v) is 4.70. The first kappa shape index (κ1) is 14.5. The molecule has 2 aliphatic rings. The Hall–Kier alpha value is -0.480. The second-order valence-corrected chi connectivity index (χ2v) is 6.94. The fraction of sp³-hybridized carbons (Fsp3) is 0.500. The average Bonchev–Trinajstić information content (AvgIpc) is 2.80. The Bertz CT molecular complexity index is 504. The van der Waals surface area contributed by atoms with Crippen molar-refractivity contribution >= 4 is 28.5 Å². The zero-order chi connectivity index (χ0) is 14.0. The molecule has 0 aromatic heterocycles. The van der Waals surface area contributed by atoms with E-state index in [0.29, 0.717) is 0 Å². The number of nitrogens with one attached hydrogen (secondary N) is 2. The normalized spacial score (nSPS) is 21.7. The Kier molecular flexibility index (Phi) is 4.41. The zero-order valence-electron chi connectivity index (χ0n) is 11.8. The minimum atomic E-state index is 0.209. The molecule has 1 aromatic rings. The molecule has 1 heterocycles. The predicted molar refractivity (Wildman–Crippen MR) is 88.8 cm³/mol. The van der Waals surface area contributed by atoms with Crippen LogP contribution in [0, 0.1) is 0 Å². The van der Waals surface area contributed by atoms with Crippen molar-refractivity contribution in [3.63, 3.8) is 0 Å². The Morgan fingerprint density at radius 2 is 1.90 bits per heavy atom. The molecule has 0 radical (unpaired) electrons. The smallest absolute Gasteiger partial charge is 0.0521 e. The highest BCUT2D eigenvalue weighted by atomic mass is 35.5. The quantitative estimate of drug-likeness (QED) is 0.817. The summed E-state index contributed by atoms with van der Waals surface area (Å²) < 4.78 is 3.74. The first-order valence-electron chi connectivity index (χ1n) is 7.33. The predicted octanol–water partition coefficient (Wildman–Crippen LogP) is 4.22. The largest absolute Gasteiger partial charge is 0.316 e. The van der Waals surface area contributed by atoms with Crippen LogP contribution in [-0.4, -0.2) is 19.1 Å². The van der Waals surface area contributed by atoms with Crippen LogP contribution >= 0.6 is 23.5 Å². The summed E-state index contributed by atoms with van der Waals surface area (Å²) in [7, 11) is 2.03. The summed E-state index contributed by atoms with van der Waals surface area (Å²) >= 11 is 7.81. The third-order valence-corrected chi connectivity index (χ3v) is 5.80. The van der Waals surface area contributed by atoms with Crippen LogP contribution in [0.4, 0.5) is 0 Å². The molecule has 1 fully saturated rings. The van der Waals surface area contributed by atoms with Crippen LogP contribution in [0.3, 0.4) is 0 Å². The topological polar surface area (TPSA) is 24.1 Å². The second kappa shape index (κ2) is 6.10. The van der Waals surface area contributed by atoms with E-state index >= 15 is 0 Å². The van der Waals surface area contributed by atoms with Crippen LogP contribution in [0.5, 0.6) is 0 Å². The van der Waals surface area contributed by atoms with Crippen LogP contribution in [0.1, 0.15) is 37.7 Å². The van der Waals surface area contributed by atoms with Gasteiger partial charge in [-0.25, -0.2) is 4.72 Å². The van der Waals surface area contributed by atoms with Crippen molar-refractivity contribution in [3.8, 4) is 0 Å². The molecule has 4 heteroatoms. The van der Waals surface area contributed by atoms with Crippen LogP contribution in [0.25, 0.3) is 4.91 Å². The van der Waals surface area contributed by atoms with Gasteiger partial charge in [0.05, 0.1) is 5.54 Å². The summed E-state index contributed by atoms with van der Waals surface area (Å²) in [5.41, 5.74) is 3.02. The molecule has 1 aromatic carbocycles. The number of hydrogen-bond donors (Lipinski definition) is 2. The van der Waals surface area contributed by atoms with E-state index in [2.05, 4.69) is 22.2 Å². The monoisotopic (exact) mass is 308 g/mol. The van der Waals surface area contributed by atoms with E-state index in [1.54, 1.807) is 11.9 Å². The number of likely N-dealkylation sites (N-methyl/N-ethyl adjacent to an activating group) is 1. The van der Waals surface area contributed by atoms with Gasteiger partial charge in [-0.3, -0.25) is 0 Å². The van der Waals surface area contributed by atoms with Crippen LogP contribution in [0.15, 0.2) is 29.8 Å². The molecule has 0 saturated heterocycles. The number of rotatable bonds is 3. The van der Waals surface area contributed by atoms with Crippen molar-refractivity contribution in [2.45, 2.75) is 37.6 Å². The van der Waals surface area contributed by atoms with Crippen LogP contribution in [0.2, 0.25) is 5.02 Å². The first-order valence-corrected chi connectivity index (χ1v) is 8.53. The zero-order valence-corrected chi connectivity index (χ0v) is 13.4. The van der Waals surface area contributed by atoms with Gasteiger partial charge < -0.3 is 5.32 Å². The minimum Gasteiger partial charge on any atom is -0.316 e. The van der Waals surface area contributed by atoms with Crippen molar-refractivity contribution in [3.05, 3.63) is 40.4 Å². The minimum absolute atomic E-state index is 0.209. The molecule has 20 heavy (non-hydrogen) atoms. The summed E-state index contributed by atoms with van der Waals surface area (Å²) in [5.74, 6) is 0. The van der Waals surface area contributed by atoms with Crippen molar-refractivity contribution in [2.75, 3.05) is 13.6 Å². The van der Waals surface area contributed by atoms with Gasteiger partial charge in [0.25, 0.3) is 0 Å².